The van der Waals surface area contributed by atoms with Crippen LogP contribution in [0.2, 0.25) is 0 Å². The minimum atomic E-state index is -1.68. The summed E-state index contributed by atoms with van der Waals surface area (Å²) in [5, 5.41) is 31.0. The third-order valence-corrected chi connectivity index (χ3v) is 3.91. The molecule has 3 unspecified atom stereocenters. The van der Waals surface area contributed by atoms with Crippen LogP contribution in [-0.4, -0.2) is 63.2 Å². The van der Waals surface area contributed by atoms with Crippen molar-refractivity contribution in [3.05, 3.63) is 35.9 Å². The fourth-order valence-electron chi connectivity index (χ4n) is 2.39. The van der Waals surface area contributed by atoms with Crippen LogP contribution in [0.25, 0.3) is 0 Å². The lowest BCUT2D eigenvalue weighted by atomic mass is 10.0. The van der Waals surface area contributed by atoms with E-state index in [4.69, 9.17) is 21.1 Å². The Morgan fingerprint density at radius 1 is 0.862 bits per heavy atom. The van der Waals surface area contributed by atoms with Gasteiger partial charge in [0.25, 0.3) is 0 Å². The summed E-state index contributed by atoms with van der Waals surface area (Å²) in [7, 11) is 0. The van der Waals surface area contributed by atoms with Crippen molar-refractivity contribution in [2.75, 3.05) is 0 Å². The fourth-order valence-corrected chi connectivity index (χ4v) is 2.39. The van der Waals surface area contributed by atoms with Gasteiger partial charge in [-0.25, -0.2) is 4.79 Å². The number of carboxylic acid groups (broad SMARTS) is 3. The second kappa shape index (κ2) is 11.4. The number of carbonyl (C=O) groups is 5. The van der Waals surface area contributed by atoms with Gasteiger partial charge < -0.3 is 31.7 Å². The second-order valence-corrected chi connectivity index (χ2v) is 6.29. The fraction of sp³-hybridized carbons (Fsp3) is 0.389. The maximum atomic E-state index is 12.6. The van der Waals surface area contributed by atoms with E-state index in [1.807, 2.05) is 0 Å². The van der Waals surface area contributed by atoms with Crippen LogP contribution < -0.4 is 16.4 Å². The number of hydrogen-bond donors (Lipinski definition) is 6. The molecule has 1 aromatic rings. The highest BCUT2D eigenvalue weighted by Crippen LogP contribution is 2.06. The normalized spacial score (nSPS) is 13.6. The molecule has 0 spiro atoms. The van der Waals surface area contributed by atoms with Gasteiger partial charge in [0.15, 0.2) is 0 Å². The molecule has 0 heterocycles. The highest BCUT2D eigenvalue weighted by molar-refractivity contribution is 5.93. The number of carboxylic acids is 3. The Bertz CT molecular complexity index is 753. The number of carbonyl (C=O) groups excluding carboxylic acids is 2. The summed E-state index contributed by atoms with van der Waals surface area (Å²) in [6.07, 6.45) is -1.35. The van der Waals surface area contributed by atoms with E-state index in [0.717, 1.165) is 0 Å². The van der Waals surface area contributed by atoms with Crippen LogP contribution in [0, 0.1) is 0 Å². The lowest BCUT2D eigenvalue weighted by Gasteiger charge is -2.22. The summed E-state index contributed by atoms with van der Waals surface area (Å²) in [5.41, 5.74) is 6.29. The van der Waals surface area contributed by atoms with E-state index in [-0.39, 0.29) is 19.3 Å². The van der Waals surface area contributed by atoms with E-state index in [1.165, 1.54) is 0 Å². The maximum Gasteiger partial charge on any atom is 0.326 e. The summed E-state index contributed by atoms with van der Waals surface area (Å²) in [6.45, 7) is 0. The smallest absolute Gasteiger partial charge is 0.326 e. The van der Waals surface area contributed by atoms with Crippen LogP contribution in [0.1, 0.15) is 24.8 Å². The van der Waals surface area contributed by atoms with Crippen LogP contribution in [0.4, 0.5) is 0 Å². The third kappa shape index (κ3) is 8.84. The van der Waals surface area contributed by atoms with Crippen molar-refractivity contribution in [2.24, 2.45) is 5.73 Å². The van der Waals surface area contributed by atoms with Crippen LogP contribution in [0.15, 0.2) is 30.3 Å². The first-order valence-corrected chi connectivity index (χ1v) is 8.66. The summed E-state index contributed by atoms with van der Waals surface area (Å²) in [6, 6.07) is 4.40. The zero-order valence-corrected chi connectivity index (χ0v) is 15.4. The van der Waals surface area contributed by atoms with Crippen LogP contribution >= 0.6 is 0 Å². The van der Waals surface area contributed by atoms with Gasteiger partial charge in [-0.05, 0) is 12.0 Å². The molecule has 0 saturated carbocycles. The molecule has 0 fully saturated rings. The van der Waals surface area contributed by atoms with Crippen molar-refractivity contribution in [2.45, 2.75) is 43.8 Å². The van der Waals surface area contributed by atoms with E-state index in [9.17, 15) is 24.0 Å². The predicted octanol–water partition coefficient (Wildman–Crippen LogP) is -1.05. The van der Waals surface area contributed by atoms with Crippen molar-refractivity contribution in [3.63, 3.8) is 0 Å². The molecular weight excluding hydrogens is 386 g/mol. The molecule has 0 aliphatic carbocycles. The molecule has 0 saturated heterocycles. The van der Waals surface area contributed by atoms with Gasteiger partial charge in [0.1, 0.15) is 12.1 Å². The van der Waals surface area contributed by atoms with Gasteiger partial charge in [0.05, 0.1) is 12.5 Å². The molecule has 0 aromatic heterocycles. The molecule has 29 heavy (non-hydrogen) atoms. The molecule has 0 radical (unpaired) electrons. The number of benzene rings is 1. The molecule has 0 bridgehead atoms. The Morgan fingerprint density at radius 2 is 1.45 bits per heavy atom. The standard InChI is InChI=1S/C18H23N3O8/c19-11(6-7-14(22)23)16(26)20-12(8-10-4-2-1-3-5-10)17(27)21-13(18(28)29)9-15(24)25/h1-5,11-13H,6-9,19H2,(H,20,26)(H,21,27)(H,22,23)(H,24,25)(H,28,29). The van der Waals surface area contributed by atoms with Crippen LogP contribution in [-0.2, 0) is 30.4 Å². The molecular formula is C18H23N3O8. The minimum Gasteiger partial charge on any atom is -0.481 e. The summed E-state index contributed by atoms with van der Waals surface area (Å²) in [5.74, 6) is -5.78. The average Bonchev–Trinajstić information content (AvgIpc) is 2.65. The third-order valence-electron chi connectivity index (χ3n) is 3.91. The van der Waals surface area contributed by atoms with Gasteiger partial charge in [0, 0.05) is 12.8 Å². The monoisotopic (exact) mass is 409 g/mol. The van der Waals surface area contributed by atoms with Gasteiger partial charge >= 0.3 is 17.9 Å². The molecule has 0 aliphatic rings. The number of nitrogens with two attached hydrogens (primary N) is 1. The Morgan fingerprint density at radius 3 is 1.97 bits per heavy atom. The molecule has 11 heteroatoms. The highest BCUT2D eigenvalue weighted by Gasteiger charge is 2.29. The lowest BCUT2D eigenvalue weighted by Crippen LogP contribution is -2.55. The molecule has 1 rings (SSSR count). The van der Waals surface area contributed by atoms with Gasteiger partial charge in [-0.15, -0.1) is 0 Å². The van der Waals surface area contributed by atoms with Gasteiger partial charge in [-0.3, -0.25) is 19.2 Å². The van der Waals surface area contributed by atoms with Crippen molar-refractivity contribution in [1.29, 1.82) is 0 Å². The van der Waals surface area contributed by atoms with Crippen molar-refractivity contribution in [3.8, 4) is 0 Å². The van der Waals surface area contributed by atoms with Gasteiger partial charge in [-0.1, -0.05) is 30.3 Å². The van der Waals surface area contributed by atoms with Crippen molar-refractivity contribution in [1.82, 2.24) is 10.6 Å². The summed E-state index contributed by atoms with van der Waals surface area (Å²) < 4.78 is 0. The minimum absolute atomic E-state index is 0.0104. The molecule has 158 valence electrons. The largest absolute Gasteiger partial charge is 0.481 e. The molecule has 3 atom stereocenters. The quantitative estimate of drug-likeness (QED) is 0.249. The second-order valence-electron chi connectivity index (χ2n) is 6.29. The Labute approximate surface area is 165 Å². The molecule has 11 nitrogen and oxygen atoms in total. The molecule has 7 N–H and O–H groups in total. The van der Waals surface area contributed by atoms with Crippen molar-refractivity contribution < 1.29 is 39.3 Å². The first-order valence-electron chi connectivity index (χ1n) is 8.66. The zero-order chi connectivity index (χ0) is 22.0. The van der Waals surface area contributed by atoms with E-state index in [1.54, 1.807) is 30.3 Å². The predicted molar refractivity (Wildman–Crippen MR) is 98.7 cm³/mol. The lowest BCUT2D eigenvalue weighted by molar-refractivity contribution is -0.147. The number of amides is 2. The summed E-state index contributed by atoms with van der Waals surface area (Å²) >= 11 is 0. The number of nitrogens with one attached hydrogen (secondary N) is 2. The van der Waals surface area contributed by atoms with Gasteiger partial charge in [0.2, 0.25) is 11.8 Å². The van der Waals surface area contributed by atoms with E-state index < -0.39 is 54.3 Å². The van der Waals surface area contributed by atoms with E-state index in [0.29, 0.717) is 5.56 Å². The maximum absolute atomic E-state index is 12.6. The van der Waals surface area contributed by atoms with Gasteiger partial charge in [-0.2, -0.15) is 0 Å². The average molecular weight is 409 g/mol. The Hall–Kier alpha value is -3.47. The van der Waals surface area contributed by atoms with E-state index >= 15 is 0 Å². The number of rotatable bonds is 12. The Kier molecular flexibility index (Phi) is 9.26. The molecule has 1 aromatic carbocycles. The van der Waals surface area contributed by atoms with Crippen LogP contribution in [0.5, 0.6) is 0 Å². The highest BCUT2D eigenvalue weighted by atomic mass is 16.4. The van der Waals surface area contributed by atoms with Crippen molar-refractivity contribution >= 4 is 29.7 Å². The van der Waals surface area contributed by atoms with Crippen LogP contribution in [0.3, 0.4) is 0 Å². The number of aliphatic carboxylic acids is 3. The SMILES string of the molecule is NC(CCC(=O)O)C(=O)NC(Cc1ccccc1)C(=O)NC(CC(=O)O)C(=O)O. The first kappa shape index (κ1) is 23.6. The zero-order valence-electron chi connectivity index (χ0n) is 15.4. The van der Waals surface area contributed by atoms with E-state index in [2.05, 4.69) is 10.6 Å². The molecule has 0 aliphatic heterocycles. The Balaban J connectivity index is 2.93. The topological polar surface area (TPSA) is 196 Å². The summed E-state index contributed by atoms with van der Waals surface area (Å²) in [4.78, 5) is 57.4. The molecule has 2 amide bonds. The number of hydrogen-bond acceptors (Lipinski definition) is 6. The first-order chi connectivity index (χ1) is 13.6.